The van der Waals surface area contributed by atoms with Gasteiger partial charge in [-0.2, -0.15) is 5.26 Å². The van der Waals surface area contributed by atoms with Gasteiger partial charge in [-0.1, -0.05) is 12.1 Å². The van der Waals surface area contributed by atoms with Crippen LogP contribution in [0.15, 0.2) is 42.4 Å². The van der Waals surface area contributed by atoms with Crippen LogP contribution in [0, 0.1) is 17.2 Å². The molecule has 28 heavy (non-hydrogen) atoms. The normalized spacial score (nSPS) is 18.4. The fourth-order valence-corrected chi connectivity index (χ4v) is 3.30. The number of carbonyl (C=O) groups excluding carboxylic acids is 1. The number of aromatic nitrogens is 2. The van der Waals surface area contributed by atoms with E-state index in [0.717, 1.165) is 31.6 Å². The second kappa shape index (κ2) is 7.66. The monoisotopic (exact) mass is 376 g/mol. The zero-order chi connectivity index (χ0) is 19.5. The molecular weight excluding hydrogens is 356 g/mol. The van der Waals surface area contributed by atoms with Gasteiger partial charge in [0.2, 0.25) is 17.7 Å². The Balaban J connectivity index is 1.53. The van der Waals surface area contributed by atoms with Crippen LogP contribution in [0.4, 0.5) is 11.6 Å². The Labute approximate surface area is 162 Å². The van der Waals surface area contributed by atoms with E-state index in [9.17, 15) is 10.1 Å². The van der Waals surface area contributed by atoms with Crippen molar-refractivity contribution in [3.63, 3.8) is 0 Å². The molecule has 0 saturated carbocycles. The lowest BCUT2D eigenvalue weighted by molar-refractivity contribution is -0.121. The molecule has 1 aromatic carbocycles. The van der Waals surface area contributed by atoms with Gasteiger partial charge in [-0.05, 0) is 51.2 Å². The molecule has 2 aliphatic heterocycles. The number of hydrogen-bond acceptors (Lipinski definition) is 7. The van der Waals surface area contributed by atoms with E-state index in [1.807, 2.05) is 24.3 Å². The molecule has 0 spiro atoms. The second-order valence-electron chi connectivity index (χ2n) is 6.87. The maximum Gasteiger partial charge on any atom is 0.229 e. The molecule has 0 atom stereocenters. The molecule has 1 amide bonds. The van der Waals surface area contributed by atoms with E-state index in [1.165, 1.54) is 6.20 Å². The number of fused-ring (bicyclic) bond motifs is 1. The van der Waals surface area contributed by atoms with Crippen molar-refractivity contribution in [3.8, 4) is 11.8 Å². The number of hydrogen-bond donors (Lipinski definition) is 2. The maximum atomic E-state index is 12.5. The fourth-order valence-electron chi connectivity index (χ4n) is 3.30. The average Bonchev–Trinajstić information content (AvgIpc) is 3.13. The van der Waals surface area contributed by atoms with Crippen LogP contribution < -0.4 is 15.4 Å². The molecule has 8 nitrogen and oxygen atoms in total. The SMILES string of the molecule is CN1CCC(C(=O)Nc2nccc(/C(C#N)=C3/Nc4ccccc4O3)n2)CC1. The van der Waals surface area contributed by atoms with Crippen molar-refractivity contribution in [2.45, 2.75) is 12.8 Å². The van der Waals surface area contributed by atoms with Gasteiger partial charge in [0.25, 0.3) is 0 Å². The maximum absolute atomic E-state index is 12.5. The topological polar surface area (TPSA) is 103 Å². The quantitative estimate of drug-likeness (QED) is 0.793. The predicted octanol–water partition coefficient (Wildman–Crippen LogP) is 2.45. The summed E-state index contributed by atoms with van der Waals surface area (Å²) in [5.74, 6) is 1.01. The summed E-state index contributed by atoms with van der Waals surface area (Å²) in [5.41, 5.74) is 1.41. The summed E-state index contributed by atoms with van der Waals surface area (Å²) in [6.45, 7) is 1.79. The predicted molar refractivity (Wildman–Crippen MR) is 104 cm³/mol. The zero-order valence-corrected chi connectivity index (χ0v) is 15.5. The summed E-state index contributed by atoms with van der Waals surface area (Å²) in [6.07, 6.45) is 3.14. The number of benzene rings is 1. The lowest BCUT2D eigenvalue weighted by Crippen LogP contribution is -2.36. The van der Waals surface area contributed by atoms with Crippen LogP contribution >= 0.6 is 0 Å². The van der Waals surface area contributed by atoms with Gasteiger partial charge < -0.3 is 15.0 Å². The number of anilines is 2. The number of piperidine rings is 1. The minimum absolute atomic E-state index is 0.0495. The first-order valence-electron chi connectivity index (χ1n) is 9.15. The highest BCUT2D eigenvalue weighted by atomic mass is 16.5. The highest BCUT2D eigenvalue weighted by Gasteiger charge is 2.25. The van der Waals surface area contributed by atoms with Crippen molar-refractivity contribution in [3.05, 3.63) is 48.1 Å². The number of amides is 1. The molecule has 142 valence electrons. The van der Waals surface area contributed by atoms with Gasteiger partial charge in [0, 0.05) is 12.1 Å². The lowest BCUT2D eigenvalue weighted by atomic mass is 9.96. The molecule has 0 unspecified atom stereocenters. The van der Waals surface area contributed by atoms with E-state index in [4.69, 9.17) is 4.74 Å². The fraction of sp³-hybridized carbons (Fsp3) is 0.300. The second-order valence-corrected chi connectivity index (χ2v) is 6.87. The smallest absolute Gasteiger partial charge is 0.229 e. The van der Waals surface area contributed by atoms with Crippen molar-refractivity contribution in [2.24, 2.45) is 5.92 Å². The van der Waals surface area contributed by atoms with Gasteiger partial charge in [-0.25, -0.2) is 9.97 Å². The number of para-hydroxylation sites is 2. The van der Waals surface area contributed by atoms with Crippen molar-refractivity contribution in [2.75, 3.05) is 30.8 Å². The minimum Gasteiger partial charge on any atom is -0.437 e. The van der Waals surface area contributed by atoms with Gasteiger partial charge in [0.15, 0.2) is 5.75 Å². The number of nitriles is 1. The lowest BCUT2D eigenvalue weighted by Gasteiger charge is -2.27. The summed E-state index contributed by atoms with van der Waals surface area (Å²) >= 11 is 0. The van der Waals surface area contributed by atoms with Crippen LogP contribution in [0.2, 0.25) is 0 Å². The van der Waals surface area contributed by atoms with E-state index in [-0.39, 0.29) is 23.3 Å². The standard InChI is InChI=1S/C20H20N6O2/c1-26-10-7-13(8-11-26)18(27)25-20-22-9-6-15(24-20)14(12-21)19-23-16-4-2-3-5-17(16)28-19/h2-6,9,13,23H,7-8,10-11H2,1H3,(H,22,24,25,27)/b19-14-. The van der Waals surface area contributed by atoms with Gasteiger partial charge >= 0.3 is 0 Å². The number of ether oxygens (including phenoxy) is 1. The molecule has 1 aromatic heterocycles. The Bertz CT molecular complexity index is 946. The van der Waals surface area contributed by atoms with Gasteiger partial charge in [0.05, 0.1) is 11.4 Å². The largest absolute Gasteiger partial charge is 0.437 e. The highest BCUT2D eigenvalue weighted by molar-refractivity contribution is 5.91. The first kappa shape index (κ1) is 17.9. The van der Waals surface area contributed by atoms with E-state index in [1.54, 1.807) is 6.07 Å². The Kier molecular flexibility index (Phi) is 4.91. The van der Waals surface area contributed by atoms with Gasteiger partial charge in [-0.3, -0.25) is 10.1 Å². The Morgan fingerprint density at radius 3 is 2.86 bits per heavy atom. The molecule has 2 aromatic rings. The summed E-state index contributed by atoms with van der Waals surface area (Å²) in [4.78, 5) is 23.2. The molecule has 0 aliphatic carbocycles. The van der Waals surface area contributed by atoms with Crippen LogP contribution in [0.1, 0.15) is 18.5 Å². The Hall–Kier alpha value is -3.44. The molecule has 1 saturated heterocycles. The van der Waals surface area contributed by atoms with E-state index in [2.05, 4.69) is 38.6 Å². The highest BCUT2D eigenvalue weighted by Crippen LogP contribution is 2.35. The van der Waals surface area contributed by atoms with E-state index < -0.39 is 0 Å². The van der Waals surface area contributed by atoms with Crippen LogP contribution in [0.25, 0.3) is 5.57 Å². The number of likely N-dealkylation sites (tertiary alicyclic amines) is 1. The van der Waals surface area contributed by atoms with Gasteiger partial charge in [-0.15, -0.1) is 0 Å². The van der Waals surface area contributed by atoms with Crippen molar-refractivity contribution < 1.29 is 9.53 Å². The summed E-state index contributed by atoms with van der Waals surface area (Å²) < 4.78 is 5.73. The number of allylic oxidation sites excluding steroid dienone is 1. The van der Waals surface area contributed by atoms with Crippen molar-refractivity contribution in [1.82, 2.24) is 14.9 Å². The van der Waals surface area contributed by atoms with Gasteiger partial charge in [0.1, 0.15) is 11.6 Å². The molecule has 4 rings (SSSR count). The number of carbonyl (C=O) groups is 1. The minimum atomic E-state index is -0.0842. The average molecular weight is 376 g/mol. The number of nitrogens with one attached hydrogen (secondary N) is 2. The zero-order valence-electron chi connectivity index (χ0n) is 15.5. The summed E-state index contributed by atoms with van der Waals surface area (Å²) in [6, 6.07) is 11.2. The first-order valence-corrected chi connectivity index (χ1v) is 9.15. The first-order chi connectivity index (χ1) is 13.6. The molecule has 1 fully saturated rings. The van der Waals surface area contributed by atoms with Crippen molar-refractivity contribution in [1.29, 1.82) is 5.26 Å². The van der Waals surface area contributed by atoms with Crippen LogP contribution in [-0.4, -0.2) is 40.9 Å². The number of rotatable bonds is 3. The molecule has 0 radical (unpaired) electrons. The third kappa shape index (κ3) is 3.66. The van der Waals surface area contributed by atoms with Crippen LogP contribution in [-0.2, 0) is 4.79 Å². The third-order valence-corrected chi connectivity index (χ3v) is 4.92. The van der Waals surface area contributed by atoms with Crippen molar-refractivity contribution >= 4 is 23.1 Å². The number of nitrogens with zero attached hydrogens (tertiary/aromatic N) is 4. The summed E-state index contributed by atoms with van der Waals surface area (Å²) in [5, 5.41) is 15.5. The van der Waals surface area contributed by atoms with Crippen LogP contribution in [0.3, 0.4) is 0 Å². The molecule has 3 heterocycles. The van der Waals surface area contributed by atoms with E-state index in [0.29, 0.717) is 17.3 Å². The Morgan fingerprint density at radius 1 is 1.32 bits per heavy atom. The molecule has 8 heteroatoms. The molecule has 0 bridgehead atoms. The Morgan fingerprint density at radius 2 is 2.11 bits per heavy atom. The molecular formula is C20H20N6O2. The van der Waals surface area contributed by atoms with E-state index >= 15 is 0 Å². The molecule has 2 aliphatic rings. The van der Waals surface area contributed by atoms with Crippen LogP contribution in [0.5, 0.6) is 5.75 Å². The third-order valence-electron chi connectivity index (χ3n) is 4.92. The molecule has 2 N–H and O–H groups in total. The summed E-state index contributed by atoms with van der Waals surface area (Å²) in [7, 11) is 2.05.